The molecule has 0 spiro atoms. The lowest BCUT2D eigenvalue weighted by Crippen LogP contribution is -2.06. The van der Waals surface area contributed by atoms with Crippen molar-refractivity contribution in [1.82, 2.24) is 0 Å². The van der Waals surface area contributed by atoms with Gasteiger partial charge >= 0.3 is 5.97 Å². The Bertz CT molecular complexity index is 694. The molecule has 0 amide bonds. The first-order chi connectivity index (χ1) is 10.0. The standard InChI is InChI=1S/C15H14O4S2/c1-19-10-6-11-7(3-12(10)20-2)4-13(21-11)14(16)8-5-9(8)15(17)18/h3-4,6,8-9H,5H2,1-2H3,(H,17,18). The second kappa shape index (κ2) is 5.35. The normalized spacial score (nSPS) is 20.5. The molecular weight excluding hydrogens is 308 g/mol. The summed E-state index contributed by atoms with van der Waals surface area (Å²) in [6.45, 7) is 0. The van der Waals surface area contributed by atoms with Gasteiger partial charge in [0.15, 0.2) is 5.78 Å². The largest absolute Gasteiger partial charge is 0.496 e. The van der Waals surface area contributed by atoms with Crippen LogP contribution in [0.2, 0.25) is 0 Å². The van der Waals surface area contributed by atoms with Crippen molar-refractivity contribution in [2.45, 2.75) is 11.3 Å². The molecule has 1 saturated carbocycles. The highest BCUT2D eigenvalue weighted by molar-refractivity contribution is 7.98. The van der Waals surface area contributed by atoms with Gasteiger partial charge in [0.25, 0.3) is 0 Å². The van der Waals surface area contributed by atoms with Crippen molar-refractivity contribution in [2.24, 2.45) is 11.8 Å². The molecule has 4 nitrogen and oxygen atoms in total. The van der Waals surface area contributed by atoms with Gasteiger partial charge in [-0.15, -0.1) is 23.1 Å². The molecule has 2 atom stereocenters. The summed E-state index contributed by atoms with van der Waals surface area (Å²) >= 11 is 3.00. The van der Waals surface area contributed by atoms with Gasteiger partial charge in [-0.3, -0.25) is 9.59 Å². The average Bonchev–Trinajstić information content (AvgIpc) is 3.18. The van der Waals surface area contributed by atoms with Gasteiger partial charge in [0.1, 0.15) is 5.75 Å². The minimum atomic E-state index is -0.874. The second-order valence-corrected chi connectivity index (χ2v) is 6.94. The van der Waals surface area contributed by atoms with E-state index >= 15 is 0 Å². The quantitative estimate of drug-likeness (QED) is 0.674. The molecule has 3 rings (SSSR count). The number of rotatable bonds is 5. The molecule has 1 aliphatic rings. The summed E-state index contributed by atoms with van der Waals surface area (Å²) in [6.07, 6.45) is 2.44. The summed E-state index contributed by atoms with van der Waals surface area (Å²) in [6, 6.07) is 5.80. The van der Waals surface area contributed by atoms with Crippen LogP contribution in [-0.4, -0.2) is 30.2 Å². The number of thioether (sulfide) groups is 1. The third-order valence-corrected chi connectivity index (χ3v) is 5.58. The fourth-order valence-corrected chi connectivity index (χ4v) is 4.09. The molecule has 2 aromatic rings. The van der Waals surface area contributed by atoms with Crippen LogP contribution in [-0.2, 0) is 4.79 Å². The summed E-state index contributed by atoms with van der Waals surface area (Å²) in [4.78, 5) is 24.9. The van der Waals surface area contributed by atoms with Gasteiger partial charge in [-0.05, 0) is 36.3 Å². The zero-order valence-corrected chi connectivity index (χ0v) is 13.2. The predicted octanol–water partition coefficient (Wildman–Crippen LogP) is 3.54. The lowest BCUT2D eigenvalue weighted by atomic mass is 10.1. The van der Waals surface area contributed by atoms with Crippen LogP contribution < -0.4 is 4.74 Å². The van der Waals surface area contributed by atoms with E-state index < -0.39 is 11.9 Å². The molecule has 0 saturated heterocycles. The molecule has 0 bridgehead atoms. The Hall–Kier alpha value is -1.53. The number of hydrogen-bond acceptors (Lipinski definition) is 5. The van der Waals surface area contributed by atoms with E-state index in [2.05, 4.69) is 0 Å². The molecule has 1 aliphatic carbocycles. The fraction of sp³-hybridized carbons (Fsp3) is 0.333. The highest BCUT2D eigenvalue weighted by Crippen LogP contribution is 2.43. The lowest BCUT2D eigenvalue weighted by Gasteiger charge is -2.05. The number of Topliss-reactive ketones (excluding diaryl/α,β-unsaturated/α-hetero) is 1. The van der Waals surface area contributed by atoms with Gasteiger partial charge in [-0.1, -0.05) is 0 Å². The number of thiophene rings is 1. The van der Waals surface area contributed by atoms with E-state index in [9.17, 15) is 9.59 Å². The van der Waals surface area contributed by atoms with Crippen LogP contribution in [0, 0.1) is 11.8 Å². The van der Waals surface area contributed by atoms with E-state index in [4.69, 9.17) is 9.84 Å². The second-order valence-electron chi connectivity index (χ2n) is 5.01. The van der Waals surface area contributed by atoms with E-state index in [0.29, 0.717) is 11.3 Å². The molecule has 2 unspecified atom stereocenters. The maximum absolute atomic E-state index is 12.3. The van der Waals surface area contributed by atoms with Crippen LogP contribution in [0.1, 0.15) is 16.1 Å². The van der Waals surface area contributed by atoms with Crippen molar-refractivity contribution in [3.05, 3.63) is 23.1 Å². The maximum Gasteiger partial charge on any atom is 0.307 e. The summed E-state index contributed by atoms with van der Waals surface area (Å²) in [5.74, 6) is -0.976. The third kappa shape index (κ3) is 2.53. The van der Waals surface area contributed by atoms with Gasteiger partial charge in [0.05, 0.1) is 17.9 Å². The Morgan fingerprint density at radius 2 is 2.10 bits per heavy atom. The Morgan fingerprint density at radius 3 is 2.67 bits per heavy atom. The fourth-order valence-electron chi connectivity index (χ4n) is 2.43. The minimum Gasteiger partial charge on any atom is -0.496 e. The zero-order valence-electron chi connectivity index (χ0n) is 11.6. The molecule has 6 heteroatoms. The highest BCUT2D eigenvalue weighted by Gasteiger charge is 2.48. The maximum atomic E-state index is 12.3. The number of carbonyl (C=O) groups is 2. The molecule has 21 heavy (non-hydrogen) atoms. The van der Waals surface area contributed by atoms with Crippen molar-refractivity contribution in [3.63, 3.8) is 0 Å². The number of carboxylic acid groups (broad SMARTS) is 1. The van der Waals surface area contributed by atoms with Crippen LogP contribution >= 0.6 is 23.1 Å². The topological polar surface area (TPSA) is 63.6 Å². The predicted molar refractivity (Wildman–Crippen MR) is 83.7 cm³/mol. The number of carboxylic acids is 1. The number of hydrogen-bond donors (Lipinski definition) is 1. The van der Waals surface area contributed by atoms with Gasteiger partial charge in [-0.25, -0.2) is 0 Å². The molecule has 1 N–H and O–H groups in total. The molecule has 1 fully saturated rings. The summed E-state index contributed by atoms with van der Waals surface area (Å²) in [5, 5.41) is 9.93. The third-order valence-electron chi connectivity index (χ3n) is 3.71. The van der Waals surface area contributed by atoms with Gasteiger partial charge in [0, 0.05) is 15.5 Å². The van der Waals surface area contributed by atoms with E-state index in [1.165, 1.54) is 11.3 Å². The molecule has 0 aliphatic heterocycles. The molecular formula is C15H14O4S2. The van der Waals surface area contributed by atoms with Gasteiger partial charge < -0.3 is 9.84 Å². The molecule has 1 aromatic heterocycles. The Labute approximate surface area is 130 Å². The first kappa shape index (κ1) is 14.4. The van der Waals surface area contributed by atoms with Gasteiger partial charge in [0.2, 0.25) is 0 Å². The number of aliphatic carboxylic acids is 1. The van der Waals surface area contributed by atoms with Crippen molar-refractivity contribution in [3.8, 4) is 5.75 Å². The van der Waals surface area contributed by atoms with E-state index in [1.807, 2.05) is 24.5 Å². The summed E-state index contributed by atoms with van der Waals surface area (Å²) in [5.41, 5.74) is 0. The Balaban J connectivity index is 1.94. The number of methoxy groups -OCH3 is 1. The van der Waals surface area contributed by atoms with Crippen LogP contribution in [0.3, 0.4) is 0 Å². The van der Waals surface area contributed by atoms with Crippen LogP contribution in [0.15, 0.2) is 23.1 Å². The van der Waals surface area contributed by atoms with Gasteiger partial charge in [-0.2, -0.15) is 0 Å². The van der Waals surface area contributed by atoms with E-state index in [1.54, 1.807) is 18.9 Å². The lowest BCUT2D eigenvalue weighted by molar-refractivity contribution is -0.138. The van der Waals surface area contributed by atoms with Crippen molar-refractivity contribution >= 4 is 44.9 Å². The first-order valence-electron chi connectivity index (χ1n) is 6.47. The van der Waals surface area contributed by atoms with Crippen molar-refractivity contribution in [1.29, 1.82) is 0 Å². The number of fused-ring (bicyclic) bond motifs is 1. The van der Waals surface area contributed by atoms with E-state index in [0.717, 1.165) is 20.7 Å². The zero-order chi connectivity index (χ0) is 15.1. The minimum absolute atomic E-state index is 0.0479. The van der Waals surface area contributed by atoms with Crippen molar-refractivity contribution < 1.29 is 19.4 Å². The Morgan fingerprint density at radius 1 is 1.33 bits per heavy atom. The Kier molecular flexibility index (Phi) is 3.67. The molecule has 1 heterocycles. The summed E-state index contributed by atoms with van der Waals surface area (Å²) in [7, 11) is 1.63. The average molecular weight is 322 g/mol. The van der Waals surface area contributed by atoms with Crippen molar-refractivity contribution in [2.75, 3.05) is 13.4 Å². The summed E-state index contributed by atoms with van der Waals surface area (Å²) < 4.78 is 6.33. The first-order valence-corrected chi connectivity index (χ1v) is 8.52. The molecule has 1 aromatic carbocycles. The van der Waals surface area contributed by atoms with E-state index in [-0.39, 0.29) is 11.7 Å². The highest BCUT2D eigenvalue weighted by atomic mass is 32.2. The number of carbonyl (C=O) groups excluding carboxylic acids is 1. The number of ketones is 1. The van der Waals surface area contributed by atoms with Crippen LogP contribution in [0.4, 0.5) is 0 Å². The molecule has 0 radical (unpaired) electrons. The van der Waals surface area contributed by atoms with Crippen LogP contribution in [0.25, 0.3) is 10.1 Å². The van der Waals surface area contributed by atoms with Crippen LogP contribution in [0.5, 0.6) is 5.75 Å². The smallest absolute Gasteiger partial charge is 0.307 e. The monoisotopic (exact) mass is 322 g/mol. The number of benzene rings is 1. The molecule has 110 valence electrons. The SMILES string of the molecule is COc1cc2sc(C(=O)C3CC3C(=O)O)cc2cc1SC. The number of ether oxygens (including phenoxy) is 1.